The van der Waals surface area contributed by atoms with Crippen LogP contribution in [0, 0.1) is 0 Å². The predicted octanol–water partition coefficient (Wildman–Crippen LogP) is 1.87. The van der Waals surface area contributed by atoms with E-state index in [9.17, 15) is 13.2 Å². The van der Waals surface area contributed by atoms with E-state index in [1.807, 2.05) is 29.0 Å². The molecule has 3 aromatic heterocycles. The highest BCUT2D eigenvalue weighted by molar-refractivity contribution is 7.89. The van der Waals surface area contributed by atoms with E-state index in [1.54, 1.807) is 11.7 Å². The van der Waals surface area contributed by atoms with Gasteiger partial charge in [0.1, 0.15) is 21.9 Å². The van der Waals surface area contributed by atoms with Crippen LogP contribution < -0.4 is 10.0 Å². The molecule has 2 N–H and O–H groups in total. The van der Waals surface area contributed by atoms with Gasteiger partial charge in [-0.05, 0) is 29.8 Å². The minimum atomic E-state index is -3.77. The summed E-state index contributed by atoms with van der Waals surface area (Å²) >= 11 is 2.57. The number of carbonyl (C=O) groups excluding carboxylic acids is 1. The van der Waals surface area contributed by atoms with Gasteiger partial charge in [-0.2, -0.15) is 0 Å². The van der Waals surface area contributed by atoms with Crippen LogP contribution in [0.3, 0.4) is 0 Å². The third-order valence-corrected chi connectivity index (χ3v) is 7.17. The molecule has 8 nitrogen and oxygen atoms in total. The van der Waals surface area contributed by atoms with Crippen LogP contribution in [0.4, 0.5) is 0 Å². The summed E-state index contributed by atoms with van der Waals surface area (Å²) in [6.07, 6.45) is 2.16. The van der Waals surface area contributed by atoms with Gasteiger partial charge >= 0.3 is 0 Å². The maximum absolute atomic E-state index is 12.6. The van der Waals surface area contributed by atoms with Gasteiger partial charge in [0.2, 0.25) is 10.0 Å². The summed E-state index contributed by atoms with van der Waals surface area (Å²) in [5.74, 6) is 0.360. The molecular formula is C16H19N5O3S3. The molecule has 0 bridgehead atoms. The normalized spacial score (nSPS) is 11.6. The molecule has 3 aromatic rings. The Hall–Kier alpha value is -2.08. The highest BCUT2D eigenvalue weighted by Crippen LogP contribution is 2.22. The Kier molecular flexibility index (Phi) is 6.37. The lowest BCUT2D eigenvalue weighted by atomic mass is 10.3. The highest BCUT2D eigenvalue weighted by Gasteiger charge is 2.24. The van der Waals surface area contributed by atoms with Crippen molar-refractivity contribution in [1.82, 2.24) is 24.8 Å². The van der Waals surface area contributed by atoms with Crippen molar-refractivity contribution in [2.45, 2.75) is 31.3 Å². The third kappa shape index (κ3) is 4.80. The number of sulfonamides is 1. The van der Waals surface area contributed by atoms with Gasteiger partial charge in [-0.15, -0.1) is 32.9 Å². The molecule has 0 fully saturated rings. The monoisotopic (exact) mass is 425 g/mol. The van der Waals surface area contributed by atoms with Crippen molar-refractivity contribution < 1.29 is 13.2 Å². The van der Waals surface area contributed by atoms with E-state index in [2.05, 4.69) is 20.2 Å². The van der Waals surface area contributed by atoms with Crippen molar-refractivity contribution in [3.05, 3.63) is 50.9 Å². The summed E-state index contributed by atoms with van der Waals surface area (Å²) in [4.78, 5) is 13.5. The van der Waals surface area contributed by atoms with Gasteiger partial charge in [0.15, 0.2) is 0 Å². The van der Waals surface area contributed by atoms with Gasteiger partial charge in [0.25, 0.3) is 5.91 Å². The second-order valence-electron chi connectivity index (χ2n) is 5.56. The molecule has 11 heteroatoms. The maximum Gasteiger partial charge on any atom is 0.262 e. The van der Waals surface area contributed by atoms with Gasteiger partial charge in [0.05, 0.1) is 0 Å². The Morgan fingerprint density at radius 3 is 2.85 bits per heavy atom. The second kappa shape index (κ2) is 8.74. The first-order chi connectivity index (χ1) is 13.0. The predicted molar refractivity (Wildman–Crippen MR) is 104 cm³/mol. The molecule has 0 unspecified atom stereocenters. The van der Waals surface area contributed by atoms with E-state index in [1.165, 1.54) is 17.4 Å². The molecule has 3 rings (SSSR count). The Morgan fingerprint density at radius 2 is 2.11 bits per heavy atom. The quantitative estimate of drug-likeness (QED) is 0.544. The third-order valence-electron chi connectivity index (χ3n) is 3.81. The van der Waals surface area contributed by atoms with E-state index >= 15 is 0 Å². The summed E-state index contributed by atoms with van der Waals surface area (Å²) < 4.78 is 29.5. The maximum atomic E-state index is 12.6. The fourth-order valence-corrected chi connectivity index (χ4v) is 5.52. The molecule has 0 aromatic carbocycles. The van der Waals surface area contributed by atoms with E-state index < -0.39 is 15.9 Å². The Labute approximate surface area is 165 Å². The Bertz CT molecular complexity index is 992. The molecule has 0 radical (unpaired) electrons. The number of nitrogens with one attached hydrogen (secondary N) is 2. The van der Waals surface area contributed by atoms with E-state index in [4.69, 9.17) is 0 Å². The first-order valence-electron chi connectivity index (χ1n) is 8.25. The van der Waals surface area contributed by atoms with Crippen LogP contribution in [0.15, 0.2) is 40.2 Å². The van der Waals surface area contributed by atoms with Crippen LogP contribution in [0.2, 0.25) is 0 Å². The van der Waals surface area contributed by atoms with Crippen LogP contribution >= 0.6 is 22.7 Å². The second-order valence-corrected chi connectivity index (χ2v) is 9.24. The summed E-state index contributed by atoms with van der Waals surface area (Å²) in [5.41, 5.74) is 0. The fraction of sp³-hybridized carbons (Fsp3) is 0.312. The number of hydrogen-bond donors (Lipinski definition) is 2. The molecule has 0 aliphatic carbocycles. The lowest BCUT2D eigenvalue weighted by Gasteiger charge is -2.08. The van der Waals surface area contributed by atoms with Crippen LogP contribution in [-0.4, -0.2) is 35.6 Å². The lowest BCUT2D eigenvalue weighted by Crippen LogP contribution is -2.29. The average molecular weight is 426 g/mol. The van der Waals surface area contributed by atoms with Gasteiger partial charge in [-0.25, -0.2) is 13.1 Å². The number of nitrogens with zero attached hydrogens (tertiary/aromatic N) is 3. The van der Waals surface area contributed by atoms with Crippen LogP contribution in [0.1, 0.15) is 27.3 Å². The zero-order valence-corrected chi connectivity index (χ0v) is 17.0. The number of amides is 1. The highest BCUT2D eigenvalue weighted by atomic mass is 32.2. The van der Waals surface area contributed by atoms with E-state index in [0.29, 0.717) is 13.0 Å². The number of carbonyl (C=O) groups is 1. The fourth-order valence-electron chi connectivity index (χ4n) is 2.44. The summed E-state index contributed by atoms with van der Waals surface area (Å²) in [5, 5.41) is 14.1. The minimum absolute atomic E-state index is 0.00159. The summed E-state index contributed by atoms with van der Waals surface area (Å²) in [7, 11) is -3.77. The van der Waals surface area contributed by atoms with Crippen molar-refractivity contribution in [3.8, 4) is 0 Å². The summed E-state index contributed by atoms with van der Waals surface area (Å²) in [6, 6.07) is 5.16. The molecule has 1 amide bonds. The number of aromatic nitrogens is 3. The van der Waals surface area contributed by atoms with E-state index in [0.717, 1.165) is 28.6 Å². The van der Waals surface area contributed by atoms with Crippen molar-refractivity contribution in [2.75, 3.05) is 6.54 Å². The first kappa shape index (κ1) is 19.7. The zero-order valence-electron chi connectivity index (χ0n) is 14.6. The molecule has 0 aliphatic rings. The van der Waals surface area contributed by atoms with Gasteiger partial charge in [-0.1, -0.05) is 6.07 Å². The van der Waals surface area contributed by atoms with Gasteiger partial charge in [-0.3, -0.25) is 4.79 Å². The molecular weight excluding hydrogens is 406 g/mol. The molecule has 0 atom stereocenters. The topological polar surface area (TPSA) is 106 Å². The molecule has 0 aliphatic heterocycles. The van der Waals surface area contributed by atoms with E-state index in [-0.39, 0.29) is 16.3 Å². The summed E-state index contributed by atoms with van der Waals surface area (Å²) in [6.45, 7) is 3.28. The molecule has 0 saturated heterocycles. The van der Waals surface area contributed by atoms with Crippen LogP contribution in [0.25, 0.3) is 0 Å². The standard InChI is InChI=1S/C16H19N5O3S3/c1-2-21-11-18-20-14(21)5-7-17-16(22)15-13(6-9-26-15)27(23,24)19-10-12-4-3-8-25-12/h3-4,6,8-9,11,19H,2,5,7,10H2,1H3,(H,17,22). The number of rotatable bonds is 9. The SMILES string of the molecule is CCn1cnnc1CCNC(=O)c1sccc1S(=O)(=O)NCc1cccs1. The zero-order chi connectivity index (χ0) is 19.3. The Balaban J connectivity index is 1.62. The molecule has 27 heavy (non-hydrogen) atoms. The van der Waals surface area contributed by atoms with Crippen molar-refractivity contribution in [2.24, 2.45) is 0 Å². The van der Waals surface area contributed by atoms with Crippen molar-refractivity contribution >= 4 is 38.6 Å². The van der Waals surface area contributed by atoms with Crippen LogP contribution in [0.5, 0.6) is 0 Å². The smallest absolute Gasteiger partial charge is 0.262 e. The molecule has 3 heterocycles. The van der Waals surface area contributed by atoms with Crippen molar-refractivity contribution in [1.29, 1.82) is 0 Å². The first-order valence-corrected chi connectivity index (χ1v) is 11.5. The molecule has 0 spiro atoms. The Morgan fingerprint density at radius 1 is 1.26 bits per heavy atom. The number of aryl methyl sites for hydroxylation is 1. The molecule has 0 saturated carbocycles. The largest absolute Gasteiger partial charge is 0.351 e. The minimum Gasteiger partial charge on any atom is -0.351 e. The van der Waals surface area contributed by atoms with Crippen LogP contribution in [-0.2, 0) is 29.5 Å². The van der Waals surface area contributed by atoms with Gasteiger partial charge < -0.3 is 9.88 Å². The van der Waals surface area contributed by atoms with Crippen molar-refractivity contribution in [3.63, 3.8) is 0 Å². The molecule has 144 valence electrons. The lowest BCUT2D eigenvalue weighted by molar-refractivity contribution is 0.0955. The number of hydrogen-bond acceptors (Lipinski definition) is 7. The van der Waals surface area contributed by atoms with Gasteiger partial charge in [0, 0.05) is 30.9 Å². The number of thiophene rings is 2. The average Bonchev–Trinajstić information content (AvgIpc) is 3.40.